The molecule has 3 aromatic rings. The zero-order valence-electron chi connectivity index (χ0n) is 16.6. The maximum Gasteiger partial charge on any atom is 0.573 e. The predicted molar refractivity (Wildman–Crippen MR) is 105 cm³/mol. The molecule has 3 rings (SSSR count). The number of aromatic nitrogens is 2. The highest BCUT2D eigenvalue weighted by Gasteiger charge is 2.30. The Morgan fingerprint density at radius 3 is 2.17 bits per heavy atom. The Kier molecular flexibility index (Phi) is 6.00. The van der Waals surface area contributed by atoms with Crippen molar-refractivity contribution < 1.29 is 27.4 Å². The number of aryl methyl sites for hydroxylation is 2. The summed E-state index contributed by atoms with van der Waals surface area (Å²) in [5.41, 5.74) is 4.54. The van der Waals surface area contributed by atoms with Crippen molar-refractivity contribution in [2.24, 2.45) is 7.05 Å². The Balaban J connectivity index is 1.57. The van der Waals surface area contributed by atoms with Gasteiger partial charge in [-0.3, -0.25) is 10.00 Å². The lowest BCUT2D eigenvalue weighted by Gasteiger charge is -2.10. The first kappa shape index (κ1) is 21.2. The van der Waals surface area contributed by atoms with Crippen LogP contribution in [0.15, 0.2) is 48.5 Å². The third-order valence-corrected chi connectivity index (χ3v) is 4.51. The van der Waals surface area contributed by atoms with Crippen molar-refractivity contribution in [1.29, 1.82) is 0 Å². The number of anilines is 1. The fourth-order valence-electron chi connectivity index (χ4n) is 2.94. The van der Waals surface area contributed by atoms with Crippen LogP contribution in [0.1, 0.15) is 22.5 Å². The SMILES string of the molecule is Cc1nn(C)c(C)c1Cc1ccc(OC(=O)Nc2ccc(OC(F)(F)F)cc2)cc1. The summed E-state index contributed by atoms with van der Waals surface area (Å²) < 4.78 is 47.3. The molecule has 0 spiro atoms. The van der Waals surface area contributed by atoms with Crippen LogP contribution in [0.5, 0.6) is 11.5 Å². The van der Waals surface area contributed by atoms with Crippen molar-refractivity contribution in [3.8, 4) is 11.5 Å². The molecule has 6 nitrogen and oxygen atoms in total. The number of alkyl halides is 3. The van der Waals surface area contributed by atoms with Gasteiger partial charge in [0.05, 0.1) is 5.69 Å². The van der Waals surface area contributed by atoms with E-state index < -0.39 is 12.5 Å². The van der Waals surface area contributed by atoms with E-state index in [4.69, 9.17) is 4.74 Å². The maximum atomic E-state index is 12.2. The zero-order valence-corrected chi connectivity index (χ0v) is 16.6. The van der Waals surface area contributed by atoms with Gasteiger partial charge in [-0.1, -0.05) is 12.1 Å². The molecule has 9 heteroatoms. The lowest BCUT2D eigenvalue weighted by molar-refractivity contribution is -0.274. The van der Waals surface area contributed by atoms with Crippen molar-refractivity contribution in [3.63, 3.8) is 0 Å². The number of nitrogens with one attached hydrogen (secondary N) is 1. The van der Waals surface area contributed by atoms with E-state index in [2.05, 4.69) is 15.2 Å². The average Bonchev–Trinajstić information content (AvgIpc) is 2.90. The molecule has 30 heavy (non-hydrogen) atoms. The minimum atomic E-state index is -4.77. The molecule has 1 aromatic heterocycles. The molecule has 0 unspecified atom stereocenters. The largest absolute Gasteiger partial charge is 0.573 e. The van der Waals surface area contributed by atoms with Crippen LogP contribution in [0.25, 0.3) is 0 Å². The molecule has 1 heterocycles. The minimum absolute atomic E-state index is 0.272. The molecule has 0 saturated carbocycles. The Morgan fingerprint density at radius 1 is 1.03 bits per heavy atom. The average molecular weight is 419 g/mol. The van der Waals surface area contributed by atoms with Crippen LogP contribution in [-0.4, -0.2) is 22.2 Å². The number of hydrogen-bond acceptors (Lipinski definition) is 4. The van der Waals surface area contributed by atoms with Crippen LogP contribution in [0, 0.1) is 13.8 Å². The van der Waals surface area contributed by atoms with Gasteiger partial charge in [-0.25, -0.2) is 4.79 Å². The summed E-state index contributed by atoms with van der Waals surface area (Å²) in [5.74, 6) is -0.0380. The van der Waals surface area contributed by atoms with E-state index in [0.29, 0.717) is 12.2 Å². The van der Waals surface area contributed by atoms with Crippen molar-refractivity contribution >= 4 is 11.8 Å². The normalized spacial score (nSPS) is 11.3. The molecule has 0 aliphatic rings. The maximum absolute atomic E-state index is 12.2. The monoisotopic (exact) mass is 419 g/mol. The number of carbonyl (C=O) groups excluding carboxylic acids is 1. The van der Waals surface area contributed by atoms with E-state index >= 15 is 0 Å². The third-order valence-electron chi connectivity index (χ3n) is 4.51. The van der Waals surface area contributed by atoms with Crippen molar-refractivity contribution in [2.75, 3.05) is 5.32 Å². The number of carbonyl (C=O) groups is 1. The van der Waals surface area contributed by atoms with Crippen LogP contribution < -0.4 is 14.8 Å². The summed E-state index contributed by atoms with van der Waals surface area (Å²) >= 11 is 0. The van der Waals surface area contributed by atoms with Gasteiger partial charge in [0.1, 0.15) is 11.5 Å². The summed E-state index contributed by atoms with van der Waals surface area (Å²) in [6.07, 6.45) is -4.81. The first-order valence-electron chi connectivity index (χ1n) is 9.03. The topological polar surface area (TPSA) is 65.4 Å². The molecule has 158 valence electrons. The predicted octanol–water partition coefficient (Wildman–Crippen LogP) is 5.14. The first-order chi connectivity index (χ1) is 14.1. The van der Waals surface area contributed by atoms with Crippen molar-refractivity contribution in [3.05, 3.63) is 71.0 Å². The summed E-state index contributed by atoms with van der Waals surface area (Å²) in [6.45, 7) is 3.98. The Morgan fingerprint density at radius 2 is 1.63 bits per heavy atom. The number of halogens is 3. The lowest BCUT2D eigenvalue weighted by Crippen LogP contribution is -2.18. The second-order valence-electron chi connectivity index (χ2n) is 6.68. The fraction of sp³-hybridized carbons (Fsp3) is 0.238. The Bertz CT molecular complexity index is 1030. The number of nitrogens with zero attached hydrogens (tertiary/aromatic N) is 2. The van der Waals surface area contributed by atoms with Crippen LogP contribution in [0.2, 0.25) is 0 Å². The molecule has 0 radical (unpaired) electrons. The quantitative estimate of drug-likeness (QED) is 0.622. The molecule has 2 aromatic carbocycles. The first-order valence-corrected chi connectivity index (χ1v) is 9.03. The molecular weight excluding hydrogens is 399 g/mol. The van der Waals surface area contributed by atoms with Crippen molar-refractivity contribution in [2.45, 2.75) is 26.6 Å². The van der Waals surface area contributed by atoms with E-state index in [9.17, 15) is 18.0 Å². The van der Waals surface area contributed by atoms with Crippen LogP contribution >= 0.6 is 0 Å². The number of amides is 1. The molecule has 0 aliphatic carbocycles. The highest BCUT2D eigenvalue weighted by Crippen LogP contribution is 2.24. The highest BCUT2D eigenvalue weighted by atomic mass is 19.4. The van der Waals surface area contributed by atoms with Gasteiger partial charge < -0.3 is 9.47 Å². The standard InChI is InChI=1S/C21H20F3N3O3/c1-13-19(14(2)27(3)26-13)12-15-4-8-17(9-5-15)29-20(28)25-16-6-10-18(11-7-16)30-21(22,23)24/h4-11H,12H2,1-3H3,(H,25,28). The summed E-state index contributed by atoms with van der Waals surface area (Å²) in [5, 5.41) is 6.85. The Hall–Kier alpha value is -3.49. The van der Waals surface area contributed by atoms with Gasteiger partial charge in [-0.05, 0) is 55.8 Å². The van der Waals surface area contributed by atoms with Gasteiger partial charge >= 0.3 is 12.5 Å². The van der Waals surface area contributed by atoms with Gasteiger partial charge in [-0.15, -0.1) is 13.2 Å². The number of benzene rings is 2. The smallest absolute Gasteiger partial charge is 0.410 e. The van der Waals surface area contributed by atoms with Gasteiger partial charge in [0.2, 0.25) is 0 Å². The van der Waals surface area contributed by atoms with Crippen LogP contribution in [0.3, 0.4) is 0 Å². The van der Waals surface area contributed by atoms with Crippen molar-refractivity contribution in [1.82, 2.24) is 9.78 Å². The van der Waals surface area contributed by atoms with Gasteiger partial charge in [0.25, 0.3) is 0 Å². The lowest BCUT2D eigenvalue weighted by atomic mass is 10.0. The molecule has 1 N–H and O–H groups in total. The summed E-state index contributed by atoms with van der Waals surface area (Å²) in [6, 6.07) is 11.8. The number of rotatable bonds is 5. The molecule has 0 saturated heterocycles. The molecule has 0 aliphatic heterocycles. The van der Waals surface area contributed by atoms with E-state index in [1.807, 2.05) is 37.7 Å². The van der Waals surface area contributed by atoms with E-state index in [1.165, 1.54) is 12.1 Å². The van der Waals surface area contributed by atoms with Gasteiger partial charge in [-0.2, -0.15) is 5.10 Å². The molecule has 0 fully saturated rings. The second-order valence-corrected chi connectivity index (χ2v) is 6.68. The van der Waals surface area contributed by atoms with Gasteiger partial charge in [0.15, 0.2) is 0 Å². The van der Waals surface area contributed by atoms with Crippen LogP contribution in [-0.2, 0) is 13.5 Å². The molecular formula is C21H20F3N3O3. The van der Waals surface area contributed by atoms with E-state index in [0.717, 1.165) is 34.6 Å². The van der Waals surface area contributed by atoms with E-state index in [1.54, 1.807) is 12.1 Å². The molecule has 0 atom stereocenters. The fourth-order valence-corrected chi connectivity index (χ4v) is 2.94. The van der Waals surface area contributed by atoms with E-state index in [-0.39, 0.29) is 11.4 Å². The number of ether oxygens (including phenoxy) is 2. The molecule has 0 bridgehead atoms. The van der Waals surface area contributed by atoms with Crippen LogP contribution in [0.4, 0.5) is 23.7 Å². The second kappa shape index (κ2) is 8.48. The zero-order chi connectivity index (χ0) is 21.9. The highest BCUT2D eigenvalue weighted by molar-refractivity contribution is 5.86. The Labute approximate surface area is 171 Å². The van der Waals surface area contributed by atoms with Gasteiger partial charge in [0, 0.05) is 30.4 Å². The number of hydrogen-bond donors (Lipinski definition) is 1. The third kappa shape index (κ3) is 5.53. The summed E-state index contributed by atoms with van der Waals surface area (Å²) in [4.78, 5) is 12.0. The summed E-state index contributed by atoms with van der Waals surface area (Å²) in [7, 11) is 1.90. The molecule has 1 amide bonds. The minimum Gasteiger partial charge on any atom is -0.410 e.